The number of para-hydroxylation sites is 1. The first kappa shape index (κ1) is 18.7. The SMILES string of the molecule is Cc1ccccc1N(c1cc2c(cc1F)-c1ccccc1C2(C)C)C(C)(C)C. The van der Waals surface area contributed by atoms with Gasteiger partial charge in [0, 0.05) is 16.6 Å². The fraction of sp³-hybridized carbons (Fsp3) is 0.308. The number of nitrogens with zero attached hydrogens (tertiary/aromatic N) is 1. The minimum Gasteiger partial charge on any atom is -0.333 e. The van der Waals surface area contributed by atoms with Gasteiger partial charge in [0.15, 0.2) is 0 Å². The van der Waals surface area contributed by atoms with E-state index in [0.29, 0.717) is 5.69 Å². The summed E-state index contributed by atoms with van der Waals surface area (Å²) in [7, 11) is 0. The van der Waals surface area contributed by atoms with E-state index in [0.717, 1.165) is 22.4 Å². The number of hydrogen-bond donors (Lipinski definition) is 0. The number of aryl methyl sites for hydroxylation is 1. The molecule has 0 spiro atoms. The van der Waals surface area contributed by atoms with Gasteiger partial charge in [-0.05, 0) is 73.7 Å². The van der Waals surface area contributed by atoms with Gasteiger partial charge in [-0.2, -0.15) is 0 Å². The first-order chi connectivity index (χ1) is 13.1. The zero-order valence-electron chi connectivity index (χ0n) is 17.6. The average molecular weight is 374 g/mol. The molecule has 0 aliphatic heterocycles. The lowest BCUT2D eigenvalue weighted by atomic mass is 9.82. The third-order valence-corrected chi connectivity index (χ3v) is 5.92. The Labute approximate surface area is 167 Å². The summed E-state index contributed by atoms with van der Waals surface area (Å²) < 4.78 is 15.5. The van der Waals surface area contributed by atoms with E-state index >= 15 is 4.39 Å². The van der Waals surface area contributed by atoms with Crippen LogP contribution in [0.15, 0.2) is 60.7 Å². The van der Waals surface area contributed by atoms with Crippen LogP contribution >= 0.6 is 0 Å². The normalized spacial score (nSPS) is 14.5. The van der Waals surface area contributed by atoms with Crippen LogP contribution < -0.4 is 4.90 Å². The molecule has 0 heterocycles. The van der Waals surface area contributed by atoms with Crippen molar-refractivity contribution in [2.45, 2.75) is 52.5 Å². The Morgan fingerprint density at radius 1 is 0.786 bits per heavy atom. The maximum Gasteiger partial charge on any atom is 0.147 e. The van der Waals surface area contributed by atoms with E-state index in [9.17, 15) is 0 Å². The molecule has 3 aromatic rings. The molecule has 28 heavy (non-hydrogen) atoms. The number of benzene rings is 3. The summed E-state index contributed by atoms with van der Waals surface area (Å²) in [6, 6.07) is 20.4. The van der Waals surface area contributed by atoms with Crippen molar-refractivity contribution in [2.75, 3.05) is 4.90 Å². The van der Waals surface area contributed by atoms with Gasteiger partial charge in [-0.25, -0.2) is 4.39 Å². The number of rotatable bonds is 2. The Morgan fingerprint density at radius 2 is 1.43 bits per heavy atom. The molecular formula is C26H28FN. The van der Waals surface area contributed by atoms with Gasteiger partial charge in [0.2, 0.25) is 0 Å². The summed E-state index contributed by atoms with van der Waals surface area (Å²) >= 11 is 0. The third-order valence-electron chi connectivity index (χ3n) is 5.92. The van der Waals surface area contributed by atoms with Gasteiger partial charge in [-0.1, -0.05) is 56.3 Å². The van der Waals surface area contributed by atoms with E-state index in [2.05, 4.69) is 82.8 Å². The van der Waals surface area contributed by atoms with Crippen molar-refractivity contribution in [1.82, 2.24) is 0 Å². The third kappa shape index (κ3) is 2.74. The fourth-order valence-corrected chi connectivity index (χ4v) is 4.55. The standard InChI is InChI=1S/C26H28FN/c1-17-11-7-10-14-23(17)28(25(2,3)4)24-16-21-19(15-22(24)27)18-12-8-9-13-20(18)26(21,5)6/h7-16H,1-6H3. The zero-order chi connectivity index (χ0) is 20.3. The van der Waals surface area contributed by atoms with Gasteiger partial charge in [0.25, 0.3) is 0 Å². The van der Waals surface area contributed by atoms with Gasteiger partial charge in [-0.15, -0.1) is 0 Å². The first-order valence-electron chi connectivity index (χ1n) is 9.92. The highest BCUT2D eigenvalue weighted by molar-refractivity contribution is 5.84. The van der Waals surface area contributed by atoms with Crippen molar-refractivity contribution < 1.29 is 4.39 Å². The lowest BCUT2D eigenvalue weighted by Crippen LogP contribution is -2.38. The van der Waals surface area contributed by atoms with E-state index < -0.39 is 0 Å². The zero-order valence-corrected chi connectivity index (χ0v) is 17.6. The largest absolute Gasteiger partial charge is 0.333 e. The molecule has 1 nitrogen and oxygen atoms in total. The molecule has 4 rings (SSSR count). The molecule has 0 N–H and O–H groups in total. The maximum atomic E-state index is 15.5. The van der Waals surface area contributed by atoms with E-state index in [1.807, 2.05) is 18.2 Å². The summed E-state index contributed by atoms with van der Waals surface area (Å²) in [5.74, 6) is -0.176. The summed E-state index contributed by atoms with van der Waals surface area (Å²) in [6.45, 7) is 12.9. The van der Waals surface area contributed by atoms with Crippen molar-refractivity contribution >= 4 is 11.4 Å². The molecule has 0 radical (unpaired) electrons. The van der Waals surface area contributed by atoms with Gasteiger partial charge < -0.3 is 4.90 Å². The van der Waals surface area contributed by atoms with E-state index in [1.54, 1.807) is 6.07 Å². The predicted molar refractivity (Wildman–Crippen MR) is 117 cm³/mol. The minimum absolute atomic E-state index is 0.149. The van der Waals surface area contributed by atoms with Crippen LogP contribution in [-0.2, 0) is 5.41 Å². The van der Waals surface area contributed by atoms with Gasteiger partial charge in [0.1, 0.15) is 5.82 Å². The Balaban J connectivity index is 1.97. The monoisotopic (exact) mass is 373 g/mol. The van der Waals surface area contributed by atoms with Crippen molar-refractivity contribution in [3.05, 3.63) is 83.2 Å². The van der Waals surface area contributed by atoms with Crippen LogP contribution in [0.2, 0.25) is 0 Å². The van der Waals surface area contributed by atoms with Crippen LogP contribution in [0.4, 0.5) is 15.8 Å². The minimum atomic E-state index is -0.267. The molecule has 0 unspecified atom stereocenters. The molecule has 3 aromatic carbocycles. The van der Waals surface area contributed by atoms with Gasteiger partial charge in [0.05, 0.1) is 5.69 Å². The number of hydrogen-bond acceptors (Lipinski definition) is 1. The summed E-state index contributed by atoms with van der Waals surface area (Å²) in [6.07, 6.45) is 0. The molecule has 0 fully saturated rings. The second-order valence-electron chi connectivity index (χ2n) is 9.31. The molecule has 0 amide bonds. The molecule has 1 aliphatic rings. The smallest absolute Gasteiger partial charge is 0.147 e. The predicted octanol–water partition coefficient (Wildman–Crippen LogP) is 7.38. The lowest BCUT2D eigenvalue weighted by Gasteiger charge is -2.39. The highest BCUT2D eigenvalue weighted by Gasteiger charge is 2.37. The number of fused-ring (bicyclic) bond motifs is 3. The van der Waals surface area contributed by atoms with Crippen molar-refractivity contribution in [3.63, 3.8) is 0 Å². The van der Waals surface area contributed by atoms with Gasteiger partial charge >= 0.3 is 0 Å². The first-order valence-corrected chi connectivity index (χ1v) is 9.92. The second kappa shape index (κ2) is 6.20. The Hall–Kier alpha value is -2.61. The second-order valence-corrected chi connectivity index (χ2v) is 9.31. The maximum absolute atomic E-state index is 15.5. The van der Waals surface area contributed by atoms with Crippen molar-refractivity contribution in [2.24, 2.45) is 0 Å². The summed E-state index contributed by atoms with van der Waals surface area (Å²) in [4.78, 5) is 2.14. The highest BCUT2D eigenvalue weighted by atomic mass is 19.1. The number of anilines is 2. The molecule has 0 saturated heterocycles. The summed E-state index contributed by atoms with van der Waals surface area (Å²) in [5, 5.41) is 0. The average Bonchev–Trinajstić information content (AvgIpc) is 2.84. The Morgan fingerprint density at radius 3 is 2.11 bits per heavy atom. The molecular weight excluding hydrogens is 345 g/mol. The molecule has 0 saturated carbocycles. The topological polar surface area (TPSA) is 3.24 Å². The van der Waals surface area contributed by atoms with Crippen LogP contribution in [-0.4, -0.2) is 5.54 Å². The van der Waals surface area contributed by atoms with Crippen LogP contribution in [0.3, 0.4) is 0 Å². The van der Waals surface area contributed by atoms with Crippen LogP contribution in [0.5, 0.6) is 0 Å². The quantitative estimate of drug-likeness (QED) is 0.453. The Bertz CT molecular complexity index is 1060. The van der Waals surface area contributed by atoms with E-state index in [1.165, 1.54) is 11.1 Å². The molecule has 0 bridgehead atoms. The molecule has 0 aromatic heterocycles. The van der Waals surface area contributed by atoms with E-state index in [4.69, 9.17) is 0 Å². The Kier molecular flexibility index (Phi) is 4.15. The fourth-order valence-electron chi connectivity index (χ4n) is 4.55. The molecule has 144 valence electrons. The van der Waals surface area contributed by atoms with Crippen molar-refractivity contribution in [3.8, 4) is 11.1 Å². The van der Waals surface area contributed by atoms with Crippen LogP contribution in [0.25, 0.3) is 11.1 Å². The van der Waals surface area contributed by atoms with Crippen LogP contribution in [0.1, 0.15) is 51.3 Å². The summed E-state index contributed by atoms with van der Waals surface area (Å²) in [5.41, 5.74) is 7.02. The lowest BCUT2D eigenvalue weighted by molar-refractivity contribution is 0.539. The molecule has 0 atom stereocenters. The molecule has 1 aliphatic carbocycles. The molecule has 2 heteroatoms. The van der Waals surface area contributed by atoms with Crippen LogP contribution in [0, 0.1) is 12.7 Å². The van der Waals surface area contributed by atoms with Gasteiger partial charge in [-0.3, -0.25) is 0 Å². The van der Waals surface area contributed by atoms with E-state index in [-0.39, 0.29) is 16.8 Å². The van der Waals surface area contributed by atoms with Crippen molar-refractivity contribution in [1.29, 1.82) is 0 Å². The number of halogens is 1. The highest BCUT2D eigenvalue weighted by Crippen LogP contribution is 2.51.